The summed E-state index contributed by atoms with van der Waals surface area (Å²) in [6, 6.07) is 5.70. The number of hydrogen-bond acceptors (Lipinski definition) is 4. The van der Waals surface area contributed by atoms with E-state index in [2.05, 4.69) is 5.10 Å². The summed E-state index contributed by atoms with van der Waals surface area (Å²) in [4.78, 5) is 11.0. The molecule has 0 amide bonds. The zero-order valence-corrected chi connectivity index (χ0v) is 12.9. The van der Waals surface area contributed by atoms with Crippen LogP contribution in [-0.4, -0.2) is 34.1 Å². The molecule has 0 saturated carbocycles. The molecule has 24 heavy (non-hydrogen) atoms. The maximum absolute atomic E-state index is 11.0. The second kappa shape index (κ2) is 5.88. The van der Waals surface area contributed by atoms with Gasteiger partial charge in [-0.15, -0.1) is 0 Å². The lowest BCUT2D eigenvalue weighted by Crippen LogP contribution is -2.15. The number of aromatic nitrogens is 2. The number of ether oxygens (including phenoxy) is 2. The van der Waals surface area contributed by atoms with Crippen molar-refractivity contribution < 1.29 is 19.4 Å². The number of carbonyl (C=O) groups is 1. The van der Waals surface area contributed by atoms with Crippen LogP contribution >= 0.6 is 0 Å². The van der Waals surface area contributed by atoms with Crippen molar-refractivity contribution in [2.24, 2.45) is 5.92 Å². The fourth-order valence-corrected chi connectivity index (χ4v) is 2.81. The third-order valence-electron chi connectivity index (χ3n) is 4.12. The zero-order chi connectivity index (χ0) is 16.5. The third kappa shape index (κ3) is 2.67. The molecule has 2 aromatic rings. The van der Waals surface area contributed by atoms with Crippen LogP contribution in [-0.2, 0) is 4.79 Å². The fraction of sp³-hybridized carbons (Fsp3) is 0.222. The Morgan fingerprint density at radius 2 is 2.08 bits per heavy atom. The van der Waals surface area contributed by atoms with Gasteiger partial charge in [0.15, 0.2) is 11.5 Å². The molecule has 0 radical (unpaired) electrons. The first-order chi connectivity index (χ1) is 11.7. The molecule has 6 heteroatoms. The lowest BCUT2D eigenvalue weighted by molar-refractivity contribution is -0.139. The van der Waals surface area contributed by atoms with E-state index in [0.29, 0.717) is 19.6 Å². The van der Waals surface area contributed by atoms with E-state index in [0.717, 1.165) is 28.3 Å². The predicted octanol–water partition coefficient (Wildman–Crippen LogP) is 2.69. The van der Waals surface area contributed by atoms with E-state index >= 15 is 0 Å². The summed E-state index contributed by atoms with van der Waals surface area (Å²) in [5, 5.41) is 13.4. The number of aliphatic carboxylic acids is 1. The SMILES string of the molecule is O=C(O)C1C=CC(c2cnn(-c3ccc4c(c3)OCCO4)c2)=CC1. The van der Waals surface area contributed by atoms with Crippen molar-refractivity contribution in [3.8, 4) is 17.2 Å². The van der Waals surface area contributed by atoms with Gasteiger partial charge in [0, 0.05) is 17.8 Å². The molecule has 0 spiro atoms. The number of carboxylic acid groups (broad SMARTS) is 1. The number of allylic oxidation sites excluding steroid dienone is 3. The van der Waals surface area contributed by atoms with Gasteiger partial charge in [-0.25, -0.2) is 4.68 Å². The molecule has 1 aliphatic carbocycles. The highest BCUT2D eigenvalue weighted by molar-refractivity contribution is 5.80. The van der Waals surface area contributed by atoms with Crippen LogP contribution in [0, 0.1) is 5.92 Å². The Kier molecular flexibility index (Phi) is 3.57. The quantitative estimate of drug-likeness (QED) is 0.939. The molecule has 0 fully saturated rings. The molecule has 0 bridgehead atoms. The number of carboxylic acids is 1. The molecular formula is C18H16N2O4. The number of hydrogen-bond donors (Lipinski definition) is 1. The van der Waals surface area contributed by atoms with E-state index in [1.54, 1.807) is 17.0 Å². The minimum Gasteiger partial charge on any atom is -0.486 e. The average molecular weight is 324 g/mol. The van der Waals surface area contributed by atoms with Gasteiger partial charge in [0.05, 0.1) is 17.8 Å². The van der Waals surface area contributed by atoms with Crippen molar-refractivity contribution in [2.75, 3.05) is 13.2 Å². The largest absolute Gasteiger partial charge is 0.486 e. The Hall–Kier alpha value is -3.02. The minimum absolute atomic E-state index is 0.443. The molecule has 1 N–H and O–H groups in total. The van der Waals surface area contributed by atoms with Crippen molar-refractivity contribution in [2.45, 2.75) is 6.42 Å². The third-order valence-corrected chi connectivity index (χ3v) is 4.12. The van der Waals surface area contributed by atoms with E-state index in [1.165, 1.54) is 0 Å². The van der Waals surface area contributed by atoms with Crippen LogP contribution in [0.15, 0.2) is 48.8 Å². The van der Waals surface area contributed by atoms with Crippen LogP contribution in [0.2, 0.25) is 0 Å². The van der Waals surface area contributed by atoms with Crippen molar-refractivity contribution >= 4 is 11.5 Å². The van der Waals surface area contributed by atoms with Crippen LogP contribution in [0.4, 0.5) is 0 Å². The predicted molar refractivity (Wildman–Crippen MR) is 87.4 cm³/mol. The molecule has 6 nitrogen and oxygen atoms in total. The van der Waals surface area contributed by atoms with Gasteiger partial charge in [-0.05, 0) is 24.1 Å². The van der Waals surface area contributed by atoms with E-state index < -0.39 is 11.9 Å². The maximum atomic E-state index is 11.0. The van der Waals surface area contributed by atoms with Crippen molar-refractivity contribution in [1.29, 1.82) is 0 Å². The van der Waals surface area contributed by atoms with Crippen LogP contribution in [0.1, 0.15) is 12.0 Å². The van der Waals surface area contributed by atoms with Crippen molar-refractivity contribution in [3.05, 3.63) is 54.4 Å². The summed E-state index contributed by atoms with van der Waals surface area (Å²) in [5.74, 6) is 0.224. The first-order valence-corrected chi connectivity index (χ1v) is 7.77. The van der Waals surface area contributed by atoms with E-state index in [9.17, 15) is 4.79 Å². The Morgan fingerprint density at radius 1 is 1.25 bits per heavy atom. The first-order valence-electron chi connectivity index (χ1n) is 7.77. The summed E-state index contributed by atoms with van der Waals surface area (Å²) in [5.41, 5.74) is 2.82. The lowest BCUT2D eigenvalue weighted by atomic mass is 9.94. The van der Waals surface area contributed by atoms with Crippen molar-refractivity contribution in [3.63, 3.8) is 0 Å². The minimum atomic E-state index is -0.798. The molecule has 4 rings (SSSR count). The zero-order valence-electron chi connectivity index (χ0n) is 12.9. The van der Waals surface area contributed by atoms with Crippen LogP contribution in [0.3, 0.4) is 0 Å². The Bertz CT molecular complexity index is 850. The van der Waals surface area contributed by atoms with Crippen LogP contribution in [0.5, 0.6) is 11.5 Å². The molecular weight excluding hydrogens is 308 g/mol. The Morgan fingerprint density at radius 3 is 2.83 bits per heavy atom. The van der Waals surface area contributed by atoms with Gasteiger partial charge >= 0.3 is 5.97 Å². The van der Waals surface area contributed by atoms with Crippen molar-refractivity contribution in [1.82, 2.24) is 9.78 Å². The van der Waals surface area contributed by atoms with Gasteiger partial charge < -0.3 is 14.6 Å². The maximum Gasteiger partial charge on any atom is 0.310 e. The topological polar surface area (TPSA) is 73.6 Å². The highest BCUT2D eigenvalue weighted by atomic mass is 16.6. The second-order valence-electron chi connectivity index (χ2n) is 5.70. The number of rotatable bonds is 3. The summed E-state index contributed by atoms with van der Waals surface area (Å²) in [6.07, 6.45) is 9.68. The number of nitrogens with zero attached hydrogens (tertiary/aromatic N) is 2. The van der Waals surface area contributed by atoms with Crippen LogP contribution in [0.25, 0.3) is 11.3 Å². The molecule has 2 heterocycles. The summed E-state index contributed by atoms with van der Waals surface area (Å²) < 4.78 is 12.9. The summed E-state index contributed by atoms with van der Waals surface area (Å²) in [6.45, 7) is 1.11. The van der Waals surface area contributed by atoms with E-state index in [-0.39, 0.29) is 0 Å². The van der Waals surface area contributed by atoms with Gasteiger partial charge in [0.25, 0.3) is 0 Å². The molecule has 1 aromatic heterocycles. The molecule has 1 aromatic carbocycles. The molecule has 1 aliphatic heterocycles. The lowest BCUT2D eigenvalue weighted by Gasteiger charge is -2.18. The normalized spacial score (nSPS) is 19.0. The summed E-state index contributed by atoms with van der Waals surface area (Å²) in [7, 11) is 0. The van der Waals surface area contributed by atoms with Gasteiger partial charge in [-0.1, -0.05) is 18.2 Å². The highest BCUT2D eigenvalue weighted by Gasteiger charge is 2.17. The molecule has 1 atom stereocenters. The van der Waals surface area contributed by atoms with Crippen LogP contribution < -0.4 is 9.47 Å². The number of benzene rings is 1. The molecule has 2 aliphatic rings. The standard InChI is InChI=1S/C18H16N2O4/c21-18(22)13-3-1-12(2-4-13)14-10-19-20(11-14)15-5-6-16-17(9-15)24-8-7-23-16/h1-3,5-6,9-11,13H,4,7-8H2,(H,21,22). The Balaban J connectivity index is 1.57. The highest BCUT2D eigenvalue weighted by Crippen LogP contribution is 2.32. The fourth-order valence-electron chi connectivity index (χ4n) is 2.81. The number of fused-ring (bicyclic) bond motifs is 1. The monoisotopic (exact) mass is 324 g/mol. The molecule has 0 saturated heterocycles. The smallest absolute Gasteiger partial charge is 0.310 e. The summed E-state index contributed by atoms with van der Waals surface area (Å²) >= 11 is 0. The second-order valence-corrected chi connectivity index (χ2v) is 5.70. The van der Waals surface area contributed by atoms with E-state index in [4.69, 9.17) is 14.6 Å². The van der Waals surface area contributed by atoms with Gasteiger partial charge in [-0.3, -0.25) is 4.79 Å². The van der Waals surface area contributed by atoms with Gasteiger partial charge in [0.1, 0.15) is 13.2 Å². The first kappa shape index (κ1) is 14.6. The molecule has 122 valence electrons. The van der Waals surface area contributed by atoms with Gasteiger partial charge in [0.2, 0.25) is 0 Å². The molecule has 1 unspecified atom stereocenters. The average Bonchev–Trinajstić information content (AvgIpc) is 3.11. The Labute approximate surface area is 138 Å². The van der Waals surface area contributed by atoms with E-state index in [1.807, 2.05) is 36.5 Å². The van der Waals surface area contributed by atoms with Gasteiger partial charge in [-0.2, -0.15) is 5.10 Å².